The first-order valence-electron chi connectivity index (χ1n) is 13.7. The molecular formula is C32H32N6O2. The van der Waals surface area contributed by atoms with Gasteiger partial charge in [-0.2, -0.15) is 0 Å². The van der Waals surface area contributed by atoms with Crippen LogP contribution < -0.4 is 16.4 Å². The van der Waals surface area contributed by atoms with Crippen LogP contribution in [0.2, 0.25) is 0 Å². The number of benzene rings is 2. The van der Waals surface area contributed by atoms with E-state index in [1.165, 1.54) is 0 Å². The molecule has 8 nitrogen and oxygen atoms in total. The van der Waals surface area contributed by atoms with Gasteiger partial charge in [0.25, 0.3) is 5.91 Å². The Kier molecular flexibility index (Phi) is 6.67. The van der Waals surface area contributed by atoms with Gasteiger partial charge in [-0.25, -0.2) is 4.98 Å². The van der Waals surface area contributed by atoms with E-state index in [9.17, 15) is 9.59 Å². The molecule has 3 heterocycles. The number of aryl methyl sites for hydroxylation is 1. The van der Waals surface area contributed by atoms with Gasteiger partial charge in [-0.05, 0) is 80.1 Å². The summed E-state index contributed by atoms with van der Waals surface area (Å²) in [4.78, 5) is 33.2. The molecule has 1 aliphatic rings. The molecule has 1 fully saturated rings. The maximum absolute atomic E-state index is 12.3. The Morgan fingerprint density at radius 1 is 0.975 bits per heavy atom. The summed E-state index contributed by atoms with van der Waals surface area (Å²) in [5, 5.41) is 8.73. The molecule has 0 aliphatic heterocycles. The Labute approximate surface area is 232 Å². The molecule has 0 spiro atoms. The number of para-hydroxylation sites is 1. The highest BCUT2D eigenvalue weighted by molar-refractivity contribution is 6.00. The number of anilines is 1. The third-order valence-corrected chi connectivity index (χ3v) is 7.82. The molecule has 0 bridgehead atoms. The van der Waals surface area contributed by atoms with Gasteiger partial charge >= 0.3 is 0 Å². The highest BCUT2D eigenvalue weighted by Crippen LogP contribution is 2.34. The highest BCUT2D eigenvalue weighted by Gasteiger charge is 2.23. The number of amides is 2. The summed E-state index contributed by atoms with van der Waals surface area (Å²) < 4.78 is 2.06. The maximum atomic E-state index is 12.3. The van der Waals surface area contributed by atoms with Crippen molar-refractivity contribution < 1.29 is 9.59 Å². The zero-order valence-corrected chi connectivity index (χ0v) is 22.6. The number of rotatable bonds is 6. The van der Waals surface area contributed by atoms with Crippen LogP contribution in [0.25, 0.3) is 38.8 Å². The predicted molar refractivity (Wildman–Crippen MR) is 159 cm³/mol. The lowest BCUT2D eigenvalue weighted by Gasteiger charge is -2.30. The van der Waals surface area contributed by atoms with E-state index in [4.69, 9.17) is 10.7 Å². The van der Waals surface area contributed by atoms with Gasteiger partial charge in [-0.1, -0.05) is 18.2 Å². The van der Waals surface area contributed by atoms with Crippen LogP contribution in [0.4, 0.5) is 5.69 Å². The van der Waals surface area contributed by atoms with Gasteiger partial charge in [-0.15, -0.1) is 0 Å². The minimum atomic E-state index is -0.473. The van der Waals surface area contributed by atoms with Crippen molar-refractivity contribution in [1.29, 1.82) is 0 Å². The first kappa shape index (κ1) is 25.6. The van der Waals surface area contributed by atoms with Crippen LogP contribution in [0.5, 0.6) is 0 Å². The number of pyridine rings is 2. The number of nitrogens with zero attached hydrogens (tertiary/aromatic N) is 3. The number of carbonyl (C=O) groups is 2. The Balaban J connectivity index is 1.36. The molecule has 8 heteroatoms. The average molecular weight is 533 g/mol. The summed E-state index contributed by atoms with van der Waals surface area (Å²) in [5.74, 6) is -0.471. The summed E-state index contributed by atoms with van der Waals surface area (Å²) in [6.07, 6.45) is 9.39. The fourth-order valence-corrected chi connectivity index (χ4v) is 5.90. The fourth-order valence-electron chi connectivity index (χ4n) is 5.90. The van der Waals surface area contributed by atoms with Gasteiger partial charge in [0.1, 0.15) is 5.65 Å². The van der Waals surface area contributed by atoms with Crippen LogP contribution >= 0.6 is 0 Å². The quantitative estimate of drug-likeness (QED) is 0.267. The summed E-state index contributed by atoms with van der Waals surface area (Å²) in [5.41, 5.74) is 12.8. The number of nitrogens with one attached hydrogen (secondary N) is 2. The first-order valence-corrected chi connectivity index (χ1v) is 13.7. The number of fused-ring (bicyclic) bond motifs is 2. The molecule has 0 atom stereocenters. The number of hydrogen-bond donors (Lipinski definition) is 3. The van der Waals surface area contributed by atoms with Crippen molar-refractivity contribution in [3.05, 3.63) is 84.3 Å². The lowest BCUT2D eigenvalue weighted by atomic mass is 9.90. The van der Waals surface area contributed by atoms with E-state index in [1.54, 1.807) is 13.0 Å². The van der Waals surface area contributed by atoms with E-state index in [2.05, 4.69) is 45.4 Å². The van der Waals surface area contributed by atoms with E-state index >= 15 is 0 Å². The van der Waals surface area contributed by atoms with Crippen molar-refractivity contribution >= 4 is 39.4 Å². The third-order valence-electron chi connectivity index (χ3n) is 7.82. The molecule has 202 valence electrons. The number of nitrogens with two attached hydrogens (primary N) is 1. The van der Waals surface area contributed by atoms with Gasteiger partial charge in [0.2, 0.25) is 5.91 Å². The minimum Gasteiger partial charge on any atom is -0.382 e. The molecule has 0 radical (unpaired) electrons. The summed E-state index contributed by atoms with van der Waals surface area (Å²) in [6.45, 7) is 3.64. The Morgan fingerprint density at radius 3 is 2.52 bits per heavy atom. The zero-order valence-electron chi connectivity index (χ0n) is 22.6. The van der Waals surface area contributed by atoms with Crippen molar-refractivity contribution in [3.8, 4) is 16.8 Å². The normalized spacial score (nSPS) is 17.1. The maximum Gasteiger partial charge on any atom is 0.250 e. The molecule has 6 rings (SSSR count). The van der Waals surface area contributed by atoms with E-state index in [0.717, 1.165) is 70.0 Å². The van der Waals surface area contributed by atoms with Gasteiger partial charge in [0.15, 0.2) is 0 Å². The van der Waals surface area contributed by atoms with Crippen molar-refractivity contribution in [2.24, 2.45) is 5.73 Å². The number of aromatic nitrogens is 3. The lowest BCUT2D eigenvalue weighted by Crippen LogP contribution is -2.39. The molecule has 5 aromatic rings. The van der Waals surface area contributed by atoms with E-state index in [0.29, 0.717) is 11.3 Å². The van der Waals surface area contributed by atoms with Gasteiger partial charge in [0, 0.05) is 65.3 Å². The van der Waals surface area contributed by atoms with Crippen LogP contribution in [-0.4, -0.2) is 38.4 Å². The minimum absolute atomic E-state index is 0.00279. The molecule has 3 aromatic heterocycles. The SMILES string of the molecule is CC(=O)NC1CCC(Nc2cc(-n3cc(C)c4c(-c5cnc6ccccc6c5)ccnc43)ccc2C(N)=O)CC1. The smallest absolute Gasteiger partial charge is 0.250 e. The zero-order chi connectivity index (χ0) is 27.8. The van der Waals surface area contributed by atoms with Crippen LogP contribution in [0.1, 0.15) is 48.5 Å². The van der Waals surface area contributed by atoms with E-state index < -0.39 is 5.91 Å². The van der Waals surface area contributed by atoms with Gasteiger partial charge < -0.3 is 20.9 Å². The molecule has 4 N–H and O–H groups in total. The second kappa shape index (κ2) is 10.4. The van der Waals surface area contributed by atoms with Crippen molar-refractivity contribution in [1.82, 2.24) is 19.9 Å². The molecule has 2 aromatic carbocycles. The molecule has 1 saturated carbocycles. The second-order valence-electron chi connectivity index (χ2n) is 10.6. The van der Waals surface area contributed by atoms with Crippen LogP contribution in [0, 0.1) is 6.92 Å². The Morgan fingerprint density at radius 2 is 1.75 bits per heavy atom. The highest BCUT2D eigenvalue weighted by atomic mass is 16.1. The third kappa shape index (κ3) is 4.88. The number of hydrogen-bond acceptors (Lipinski definition) is 5. The van der Waals surface area contributed by atoms with Crippen molar-refractivity contribution in [2.75, 3.05) is 5.32 Å². The summed E-state index contributed by atoms with van der Waals surface area (Å²) in [6, 6.07) is 18.3. The molecular weight excluding hydrogens is 500 g/mol. The number of carbonyl (C=O) groups excluding carboxylic acids is 2. The van der Waals surface area contributed by atoms with E-state index in [-0.39, 0.29) is 18.0 Å². The standard InChI is InChI=1S/C32H32N6O2/c1-19-18-38(32-30(19)26(13-14-34-32)22-15-21-5-3-4-6-28(21)35-17-22)25-11-12-27(31(33)40)29(16-25)37-24-9-7-23(8-10-24)36-20(2)39/h3-6,11-18,23-24,37H,7-10H2,1-2H3,(H2,33,40)(H,36,39). The second-order valence-corrected chi connectivity index (χ2v) is 10.6. The average Bonchev–Trinajstić information content (AvgIpc) is 3.30. The van der Waals surface area contributed by atoms with Crippen LogP contribution in [0.3, 0.4) is 0 Å². The largest absolute Gasteiger partial charge is 0.382 e. The predicted octanol–water partition coefficient (Wildman–Crippen LogP) is 5.51. The van der Waals surface area contributed by atoms with E-state index in [1.807, 2.05) is 48.8 Å². The van der Waals surface area contributed by atoms with Gasteiger partial charge in [-0.3, -0.25) is 14.6 Å². The topological polar surface area (TPSA) is 115 Å². The lowest BCUT2D eigenvalue weighted by molar-refractivity contribution is -0.119. The molecule has 40 heavy (non-hydrogen) atoms. The van der Waals surface area contributed by atoms with Crippen LogP contribution in [0.15, 0.2) is 73.2 Å². The molecule has 0 unspecified atom stereocenters. The molecule has 2 amide bonds. The monoisotopic (exact) mass is 532 g/mol. The fraction of sp³-hybridized carbons (Fsp3) is 0.250. The molecule has 1 aliphatic carbocycles. The van der Waals surface area contributed by atoms with Crippen molar-refractivity contribution in [2.45, 2.75) is 51.6 Å². The molecule has 0 saturated heterocycles. The Bertz CT molecular complexity index is 1750. The van der Waals surface area contributed by atoms with Gasteiger partial charge in [0.05, 0.1) is 11.1 Å². The summed E-state index contributed by atoms with van der Waals surface area (Å²) in [7, 11) is 0. The first-order chi connectivity index (χ1) is 19.4. The summed E-state index contributed by atoms with van der Waals surface area (Å²) >= 11 is 0. The van der Waals surface area contributed by atoms with Crippen molar-refractivity contribution in [3.63, 3.8) is 0 Å². The number of primary amides is 1. The van der Waals surface area contributed by atoms with Crippen LogP contribution in [-0.2, 0) is 4.79 Å². The Hall–Kier alpha value is -4.72.